The zero-order chi connectivity index (χ0) is 5.11. The molecular weight excluding hydrogens is 129 g/mol. The Labute approximate surface area is 90.9 Å². The van der Waals surface area contributed by atoms with Crippen LogP contribution in [0.3, 0.4) is 0 Å². The SMILES string of the molecule is [K+].[NH-]Cc1ccco1. The van der Waals surface area contributed by atoms with Crippen molar-refractivity contribution in [3.8, 4) is 0 Å². The van der Waals surface area contributed by atoms with Gasteiger partial charge in [-0.1, -0.05) is 6.54 Å². The van der Waals surface area contributed by atoms with E-state index < -0.39 is 0 Å². The number of furan rings is 1. The Morgan fingerprint density at radius 2 is 2.38 bits per heavy atom. The molecule has 0 saturated heterocycles. The molecule has 2 nitrogen and oxygen atoms in total. The van der Waals surface area contributed by atoms with E-state index in [4.69, 9.17) is 10.2 Å². The average Bonchev–Trinajstić information content (AvgIpc) is 2.14. The van der Waals surface area contributed by atoms with Gasteiger partial charge in [0.25, 0.3) is 0 Å². The molecule has 38 valence electrons. The van der Waals surface area contributed by atoms with Crippen molar-refractivity contribution in [1.29, 1.82) is 0 Å². The van der Waals surface area contributed by atoms with Gasteiger partial charge in [-0.05, 0) is 12.1 Å². The maximum absolute atomic E-state index is 6.77. The van der Waals surface area contributed by atoms with E-state index in [1.807, 2.05) is 0 Å². The van der Waals surface area contributed by atoms with Crippen molar-refractivity contribution in [3.63, 3.8) is 0 Å². The zero-order valence-electron chi connectivity index (χ0n) is 4.85. The van der Waals surface area contributed by atoms with Crippen LogP contribution in [0.2, 0.25) is 0 Å². The van der Waals surface area contributed by atoms with Crippen LogP contribution in [-0.4, -0.2) is 0 Å². The molecule has 0 fully saturated rings. The van der Waals surface area contributed by atoms with Crippen molar-refractivity contribution in [2.45, 2.75) is 6.54 Å². The Kier molecular flexibility index (Phi) is 5.24. The van der Waals surface area contributed by atoms with Crippen LogP contribution in [0.5, 0.6) is 0 Å². The molecule has 0 unspecified atom stereocenters. The molecule has 1 heterocycles. The van der Waals surface area contributed by atoms with Crippen LogP contribution in [0, 0.1) is 0 Å². The van der Waals surface area contributed by atoms with Gasteiger partial charge in [-0.2, -0.15) is 0 Å². The Morgan fingerprint density at radius 1 is 1.62 bits per heavy atom. The molecule has 1 rings (SSSR count). The van der Waals surface area contributed by atoms with Gasteiger partial charge in [-0.3, -0.25) is 0 Å². The van der Waals surface area contributed by atoms with Gasteiger partial charge in [0, 0.05) is 0 Å². The van der Waals surface area contributed by atoms with Crippen molar-refractivity contribution in [1.82, 2.24) is 0 Å². The van der Waals surface area contributed by atoms with Crippen LogP contribution in [0.1, 0.15) is 5.76 Å². The molecule has 0 bridgehead atoms. The number of hydrogen-bond donors (Lipinski definition) is 0. The first-order valence-electron chi connectivity index (χ1n) is 2.10. The number of rotatable bonds is 1. The van der Waals surface area contributed by atoms with Crippen molar-refractivity contribution in [3.05, 3.63) is 29.9 Å². The fourth-order valence-electron chi connectivity index (χ4n) is 0.413. The van der Waals surface area contributed by atoms with Crippen LogP contribution in [0.15, 0.2) is 22.8 Å². The predicted octanol–water partition coefficient (Wildman–Crippen LogP) is -1.16. The summed E-state index contributed by atoms with van der Waals surface area (Å²) in [7, 11) is 0. The molecule has 0 saturated carbocycles. The molecule has 1 N–H and O–H groups in total. The second-order valence-corrected chi connectivity index (χ2v) is 1.26. The molecular formula is C5H6KNO. The Morgan fingerprint density at radius 3 is 2.62 bits per heavy atom. The van der Waals surface area contributed by atoms with Gasteiger partial charge >= 0.3 is 51.4 Å². The normalized spacial score (nSPS) is 8.12. The molecule has 0 radical (unpaired) electrons. The van der Waals surface area contributed by atoms with E-state index in [-0.39, 0.29) is 57.9 Å². The quantitative estimate of drug-likeness (QED) is 0.447. The average molecular weight is 135 g/mol. The Balaban J connectivity index is 0.000000490. The fraction of sp³-hybridized carbons (Fsp3) is 0.200. The summed E-state index contributed by atoms with van der Waals surface area (Å²) in [5.74, 6) is 0.722. The summed E-state index contributed by atoms with van der Waals surface area (Å²) >= 11 is 0. The van der Waals surface area contributed by atoms with Crippen LogP contribution < -0.4 is 51.4 Å². The Hall–Kier alpha value is 0.876. The third-order valence-electron chi connectivity index (χ3n) is 0.754. The molecule has 8 heavy (non-hydrogen) atoms. The second kappa shape index (κ2) is 4.73. The smallest absolute Gasteiger partial charge is 0.671 e. The van der Waals surface area contributed by atoms with Gasteiger partial charge in [0.1, 0.15) is 0 Å². The minimum atomic E-state index is 0. The van der Waals surface area contributed by atoms with Gasteiger partial charge in [0.15, 0.2) is 0 Å². The van der Waals surface area contributed by atoms with Gasteiger partial charge in [-0.15, -0.1) is 0 Å². The summed E-state index contributed by atoms with van der Waals surface area (Å²) in [6.45, 7) is 0.243. The maximum atomic E-state index is 6.77. The number of nitrogens with one attached hydrogen (secondary N) is 1. The summed E-state index contributed by atoms with van der Waals surface area (Å²) in [5.41, 5.74) is 6.77. The van der Waals surface area contributed by atoms with Crippen molar-refractivity contribution < 1.29 is 55.8 Å². The largest absolute Gasteiger partial charge is 1.00 e. The van der Waals surface area contributed by atoms with E-state index in [9.17, 15) is 0 Å². The molecule has 0 aliphatic heterocycles. The fourth-order valence-corrected chi connectivity index (χ4v) is 0.413. The summed E-state index contributed by atoms with van der Waals surface area (Å²) in [6, 6.07) is 3.57. The summed E-state index contributed by atoms with van der Waals surface area (Å²) in [6.07, 6.45) is 1.57. The predicted molar refractivity (Wildman–Crippen MR) is 26.7 cm³/mol. The summed E-state index contributed by atoms with van der Waals surface area (Å²) < 4.78 is 4.80. The first-order valence-corrected chi connectivity index (χ1v) is 2.10. The van der Waals surface area contributed by atoms with E-state index in [2.05, 4.69) is 0 Å². The van der Waals surface area contributed by atoms with Gasteiger partial charge in [0.2, 0.25) is 0 Å². The first kappa shape index (κ1) is 8.88. The molecule has 0 amide bonds. The summed E-state index contributed by atoms with van der Waals surface area (Å²) in [4.78, 5) is 0. The zero-order valence-corrected chi connectivity index (χ0v) is 7.97. The minimum absolute atomic E-state index is 0. The molecule has 3 heteroatoms. The third-order valence-corrected chi connectivity index (χ3v) is 0.754. The standard InChI is InChI=1S/C5H6NO.K/c6-4-5-2-1-3-7-5;/h1-3,6H,4H2;/q-1;+1. The van der Waals surface area contributed by atoms with Crippen LogP contribution in [0.4, 0.5) is 0 Å². The third kappa shape index (κ3) is 2.43. The molecule has 0 atom stereocenters. The second-order valence-electron chi connectivity index (χ2n) is 1.26. The van der Waals surface area contributed by atoms with Crippen molar-refractivity contribution >= 4 is 0 Å². The molecule has 0 aliphatic rings. The molecule has 0 spiro atoms. The number of hydrogen-bond acceptors (Lipinski definition) is 1. The van der Waals surface area contributed by atoms with Crippen LogP contribution >= 0.6 is 0 Å². The topological polar surface area (TPSA) is 36.9 Å². The maximum Gasteiger partial charge on any atom is 1.00 e. The monoisotopic (exact) mass is 135 g/mol. The van der Waals surface area contributed by atoms with Crippen LogP contribution in [0.25, 0.3) is 5.73 Å². The van der Waals surface area contributed by atoms with E-state index in [1.54, 1.807) is 18.4 Å². The molecule has 0 aromatic carbocycles. The van der Waals surface area contributed by atoms with Gasteiger partial charge in [0.05, 0.1) is 12.0 Å². The minimum Gasteiger partial charge on any atom is -0.671 e. The summed E-state index contributed by atoms with van der Waals surface area (Å²) in [5, 5.41) is 0. The first-order chi connectivity index (χ1) is 3.43. The van der Waals surface area contributed by atoms with Gasteiger partial charge in [-0.25, -0.2) is 0 Å². The van der Waals surface area contributed by atoms with Crippen molar-refractivity contribution in [2.24, 2.45) is 0 Å². The van der Waals surface area contributed by atoms with E-state index in [0.29, 0.717) is 0 Å². The van der Waals surface area contributed by atoms with Gasteiger partial charge < -0.3 is 10.2 Å². The Bertz CT molecular complexity index is 127. The molecule has 0 aliphatic carbocycles. The van der Waals surface area contributed by atoms with Crippen molar-refractivity contribution in [2.75, 3.05) is 0 Å². The molecule has 1 aromatic rings. The van der Waals surface area contributed by atoms with E-state index in [1.165, 1.54) is 0 Å². The van der Waals surface area contributed by atoms with Crippen LogP contribution in [-0.2, 0) is 6.54 Å². The van der Waals surface area contributed by atoms with E-state index in [0.717, 1.165) is 5.76 Å². The molecule has 1 aromatic heterocycles. The van der Waals surface area contributed by atoms with E-state index >= 15 is 0 Å².